The van der Waals surface area contributed by atoms with Gasteiger partial charge in [0, 0.05) is 6.42 Å². The molecular weight excluding hydrogens is 415 g/mol. The lowest BCUT2D eigenvalue weighted by Crippen LogP contribution is -2.24. The van der Waals surface area contributed by atoms with Crippen molar-refractivity contribution in [3.63, 3.8) is 0 Å². The number of aliphatic hydroxyl groups excluding tert-OH is 3. The van der Waals surface area contributed by atoms with E-state index in [0.29, 0.717) is 6.42 Å². The van der Waals surface area contributed by atoms with Gasteiger partial charge in [-0.1, -0.05) is 51.2 Å². The zero-order valence-corrected chi connectivity index (χ0v) is 18.9. The summed E-state index contributed by atoms with van der Waals surface area (Å²) in [7, 11) is -4.48. The second kappa shape index (κ2) is 18.9. The highest BCUT2D eigenvalue weighted by atomic mass is 31.2. The molecule has 0 heterocycles. The highest BCUT2D eigenvalue weighted by Crippen LogP contribution is 2.43. The molecule has 0 fully saturated rings. The molecule has 0 aromatic carbocycles. The molecule has 178 valence electrons. The Bertz CT molecular complexity index is 499. The zero-order valence-electron chi connectivity index (χ0n) is 18.0. The first-order valence-electron chi connectivity index (χ1n) is 10.7. The first kappa shape index (κ1) is 29.2. The summed E-state index contributed by atoms with van der Waals surface area (Å²) in [4.78, 5) is 21.0. The third kappa shape index (κ3) is 19.2. The number of carbonyl (C=O) groups is 1. The monoisotopic (exact) mass is 454 g/mol. The van der Waals surface area contributed by atoms with Crippen LogP contribution in [0.5, 0.6) is 0 Å². The Morgan fingerprint density at radius 3 is 2.10 bits per heavy atom. The van der Waals surface area contributed by atoms with Gasteiger partial charge in [0.15, 0.2) is 0 Å². The lowest BCUT2D eigenvalue weighted by atomic mass is 10.1. The van der Waals surface area contributed by atoms with Gasteiger partial charge in [0.05, 0.1) is 19.8 Å². The zero-order chi connectivity index (χ0) is 22.7. The van der Waals surface area contributed by atoms with E-state index in [4.69, 9.17) is 14.9 Å². The van der Waals surface area contributed by atoms with Crippen LogP contribution in [-0.2, 0) is 23.1 Å². The molecule has 3 atom stereocenters. The Hall–Kier alpha value is -0.800. The number of rotatable bonds is 20. The summed E-state index contributed by atoms with van der Waals surface area (Å²) in [6.45, 7) is 0.0217. The van der Waals surface area contributed by atoms with E-state index in [2.05, 4.69) is 28.1 Å². The number of aliphatic hydroxyl groups is 3. The molecule has 0 saturated heterocycles. The average molecular weight is 454 g/mol. The largest absolute Gasteiger partial charge is 0.472 e. The van der Waals surface area contributed by atoms with Crippen molar-refractivity contribution in [2.45, 2.75) is 83.3 Å². The van der Waals surface area contributed by atoms with Gasteiger partial charge in [0.2, 0.25) is 0 Å². The van der Waals surface area contributed by atoms with E-state index in [1.54, 1.807) is 0 Å². The number of ether oxygens (including phenoxy) is 1. The summed E-state index contributed by atoms with van der Waals surface area (Å²) in [6, 6.07) is 0. The molecular formula is C20H39O9P. The van der Waals surface area contributed by atoms with Crippen LogP contribution in [0.4, 0.5) is 0 Å². The van der Waals surface area contributed by atoms with Crippen LogP contribution in [0.1, 0.15) is 71.1 Å². The van der Waals surface area contributed by atoms with Crippen molar-refractivity contribution >= 4 is 13.8 Å². The number of unbranched alkanes of at least 4 members (excludes halogenated alkanes) is 7. The average Bonchev–Trinajstić information content (AvgIpc) is 2.73. The van der Waals surface area contributed by atoms with Gasteiger partial charge in [-0.25, -0.2) is 4.57 Å². The molecule has 30 heavy (non-hydrogen) atoms. The Morgan fingerprint density at radius 2 is 1.47 bits per heavy atom. The molecule has 0 bridgehead atoms. The van der Waals surface area contributed by atoms with Gasteiger partial charge in [0.1, 0.15) is 18.8 Å². The summed E-state index contributed by atoms with van der Waals surface area (Å²) in [6.07, 6.45) is 11.8. The van der Waals surface area contributed by atoms with Crippen LogP contribution in [0.3, 0.4) is 0 Å². The van der Waals surface area contributed by atoms with E-state index in [1.807, 2.05) is 0 Å². The molecule has 0 spiro atoms. The fourth-order valence-electron chi connectivity index (χ4n) is 2.38. The molecule has 0 radical (unpaired) electrons. The second-order valence-corrected chi connectivity index (χ2v) is 8.61. The fourth-order valence-corrected chi connectivity index (χ4v) is 3.17. The van der Waals surface area contributed by atoms with Gasteiger partial charge in [-0.15, -0.1) is 0 Å². The Balaban J connectivity index is 3.65. The van der Waals surface area contributed by atoms with Gasteiger partial charge in [-0.3, -0.25) is 13.8 Å². The van der Waals surface area contributed by atoms with Crippen molar-refractivity contribution in [1.29, 1.82) is 0 Å². The predicted molar refractivity (Wildman–Crippen MR) is 113 cm³/mol. The molecule has 0 amide bonds. The molecule has 0 aromatic rings. The third-order valence-electron chi connectivity index (χ3n) is 4.15. The van der Waals surface area contributed by atoms with Crippen molar-refractivity contribution in [2.75, 3.05) is 26.4 Å². The number of hydrogen-bond acceptors (Lipinski definition) is 8. The summed E-state index contributed by atoms with van der Waals surface area (Å²) >= 11 is 0. The minimum Gasteiger partial charge on any atom is -0.463 e. The number of allylic oxidation sites excluding steroid dienone is 2. The van der Waals surface area contributed by atoms with E-state index in [0.717, 1.165) is 38.5 Å². The van der Waals surface area contributed by atoms with Crippen LogP contribution >= 0.6 is 7.82 Å². The number of phosphoric ester groups is 1. The topological polar surface area (TPSA) is 143 Å². The SMILES string of the molecule is CCCCC=CCCCCCCCC(=O)OC[C@@H](O)COP(=O)(O)OC[C@@H](O)CO. The van der Waals surface area contributed by atoms with Gasteiger partial charge >= 0.3 is 13.8 Å². The van der Waals surface area contributed by atoms with Crippen LogP contribution in [0, 0.1) is 0 Å². The highest BCUT2D eigenvalue weighted by Gasteiger charge is 2.24. The number of esters is 1. The maximum Gasteiger partial charge on any atom is 0.472 e. The van der Waals surface area contributed by atoms with Crippen LogP contribution in [0.15, 0.2) is 12.2 Å². The number of phosphoric acid groups is 1. The summed E-state index contributed by atoms with van der Waals surface area (Å²) in [5.74, 6) is -0.442. The number of carbonyl (C=O) groups excluding carboxylic acids is 1. The van der Waals surface area contributed by atoms with E-state index in [1.165, 1.54) is 12.8 Å². The molecule has 0 aliphatic carbocycles. The maximum atomic E-state index is 11.7. The van der Waals surface area contributed by atoms with Crippen molar-refractivity contribution in [3.05, 3.63) is 12.2 Å². The van der Waals surface area contributed by atoms with E-state index >= 15 is 0 Å². The molecule has 10 heteroatoms. The molecule has 0 aliphatic rings. The predicted octanol–water partition coefficient (Wildman–Crippen LogP) is 2.85. The second-order valence-electron chi connectivity index (χ2n) is 7.15. The fraction of sp³-hybridized carbons (Fsp3) is 0.850. The van der Waals surface area contributed by atoms with Crippen LogP contribution in [0.2, 0.25) is 0 Å². The molecule has 9 nitrogen and oxygen atoms in total. The quantitative estimate of drug-likeness (QED) is 0.0945. The van der Waals surface area contributed by atoms with Gasteiger partial charge in [0.25, 0.3) is 0 Å². The number of hydrogen-bond donors (Lipinski definition) is 4. The Labute approximate surface area is 179 Å². The molecule has 4 N–H and O–H groups in total. The summed E-state index contributed by atoms with van der Waals surface area (Å²) < 4.78 is 25.4. The molecule has 0 rings (SSSR count). The van der Waals surface area contributed by atoms with Crippen LogP contribution in [0.25, 0.3) is 0 Å². The first-order valence-corrected chi connectivity index (χ1v) is 12.2. The Morgan fingerprint density at radius 1 is 0.900 bits per heavy atom. The smallest absolute Gasteiger partial charge is 0.463 e. The lowest BCUT2D eigenvalue weighted by molar-refractivity contribution is -0.147. The lowest BCUT2D eigenvalue weighted by Gasteiger charge is -2.16. The molecule has 0 saturated carbocycles. The minimum absolute atomic E-state index is 0.255. The van der Waals surface area contributed by atoms with Crippen molar-refractivity contribution < 1.29 is 43.4 Å². The summed E-state index contributed by atoms with van der Waals surface area (Å²) in [5, 5.41) is 27.3. The van der Waals surface area contributed by atoms with Crippen LogP contribution < -0.4 is 0 Å². The molecule has 0 aromatic heterocycles. The van der Waals surface area contributed by atoms with E-state index in [-0.39, 0.29) is 13.0 Å². The van der Waals surface area contributed by atoms with Crippen molar-refractivity contribution in [3.8, 4) is 0 Å². The first-order chi connectivity index (χ1) is 14.3. The van der Waals surface area contributed by atoms with Crippen molar-refractivity contribution in [2.24, 2.45) is 0 Å². The molecule has 1 unspecified atom stereocenters. The van der Waals surface area contributed by atoms with Crippen molar-refractivity contribution in [1.82, 2.24) is 0 Å². The van der Waals surface area contributed by atoms with E-state index < -0.39 is 45.8 Å². The van der Waals surface area contributed by atoms with E-state index in [9.17, 15) is 19.4 Å². The standard InChI is InChI=1S/C20H39O9P/c1-2-3-4-5-6-7-8-9-10-11-12-13-20(24)27-15-19(23)17-29-30(25,26)28-16-18(22)14-21/h5-6,18-19,21-23H,2-4,7-17H2,1H3,(H,25,26)/t18-,19+/m0/s1. The highest BCUT2D eigenvalue weighted by molar-refractivity contribution is 7.47. The Kier molecular flexibility index (Phi) is 18.4. The van der Waals surface area contributed by atoms with Gasteiger partial charge < -0.3 is 24.9 Å². The van der Waals surface area contributed by atoms with Gasteiger partial charge in [-0.2, -0.15) is 0 Å². The van der Waals surface area contributed by atoms with Crippen LogP contribution in [-0.4, -0.2) is 64.8 Å². The summed E-state index contributed by atoms with van der Waals surface area (Å²) in [5.41, 5.74) is 0. The van der Waals surface area contributed by atoms with Gasteiger partial charge in [-0.05, 0) is 25.7 Å². The third-order valence-corrected chi connectivity index (χ3v) is 5.10. The normalized spacial score (nSPS) is 15.8. The minimum atomic E-state index is -4.48. The maximum absolute atomic E-state index is 11.7. The molecule has 0 aliphatic heterocycles.